The minimum absolute atomic E-state index is 0.516. The van der Waals surface area contributed by atoms with Crippen LogP contribution in [0.15, 0.2) is 217 Å². The number of hydrogen-bond acceptors (Lipinski definition) is 2. The molecule has 1 aliphatic carbocycles. The van der Waals surface area contributed by atoms with E-state index in [2.05, 4.69) is 211 Å². The van der Waals surface area contributed by atoms with Gasteiger partial charge in [0.25, 0.3) is 0 Å². The zero-order valence-corrected chi connectivity index (χ0v) is 30.1. The van der Waals surface area contributed by atoms with Gasteiger partial charge in [0.2, 0.25) is 0 Å². The second-order valence-electron chi connectivity index (χ2n) is 14.5. The quantitative estimate of drug-likeness (QED) is 0.172. The van der Waals surface area contributed by atoms with Crippen molar-refractivity contribution in [2.45, 2.75) is 5.41 Å². The fourth-order valence-corrected chi connectivity index (χ4v) is 9.13. The molecule has 1 aliphatic rings. The lowest BCUT2D eigenvalue weighted by atomic mass is 9.67. The Balaban J connectivity index is 1.20. The molecule has 2 heteroatoms. The van der Waals surface area contributed by atoms with Gasteiger partial charge in [-0.3, -0.25) is 0 Å². The van der Waals surface area contributed by atoms with E-state index in [0.29, 0.717) is 0 Å². The summed E-state index contributed by atoms with van der Waals surface area (Å²) in [6.45, 7) is 0. The number of anilines is 3. The molecular formula is C53H35NO. The topological polar surface area (TPSA) is 16.4 Å². The van der Waals surface area contributed by atoms with Gasteiger partial charge in [0.05, 0.1) is 16.5 Å². The van der Waals surface area contributed by atoms with Crippen LogP contribution in [-0.2, 0) is 5.41 Å². The van der Waals surface area contributed by atoms with Crippen LogP contribution in [0.3, 0.4) is 0 Å². The molecular weight excluding hydrogens is 667 g/mol. The Labute approximate surface area is 320 Å². The molecule has 0 saturated carbocycles. The van der Waals surface area contributed by atoms with Gasteiger partial charge in [0.15, 0.2) is 0 Å². The molecule has 1 aromatic heterocycles. The van der Waals surface area contributed by atoms with Gasteiger partial charge in [-0.05, 0) is 104 Å². The average molecular weight is 702 g/mol. The summed E-state index contributed by atoms with van der Waals surface area (Å²) in [5.74, 6) is 0. The highest BCUT2D eigenvalue weighted by Gasteiger charge is 2.46. The second-order valence-corrected chi connectivity index (χ2v) is 14.5. The van der Waals surface area contributed by atoms with Gasteiger partial charge >= 0.3 is 0 Å². The zero-order valence-electron chi connectivity index (χ0n) is 30.1. The lowest BCUT2D eigenvalue weighted by molar-refractivity contribution is 0.669. The first-order valence-corrected chi connectivity index (χ1v) is 18.9. The largest absolute Gasteiger partial charge is 0.456 e. The molecule has 0 aliphatic heterocycles. The molecule has 0 saturated heterocycles. The van der Waals surface area contributed by atoms with Crippen molar-refractivity contribution in [3.63, 3.8) is 0 Å². The van der Waals surface area contributed by atoms with Crippen molar-refractivity contribution in [3.8, 4) is 22.3 Å². The van der Waals surface area contributed by atoms with Crippen LogP contribution >= 0.6 is 0 Å². The van der Waals surface area contributed by atoms with Gasteiger partial charge in [0.1, 0.15) is 11.2 Å². The molecule has 9 aromatic carbocycles. The van der Waals surface area contributed by atoms with Crippen LogP contribution in [-0.4, -0.2) is 0 Å². The summed E-state index contributed by atoms with van der Waals surface area (Å²) in [5, 5.41) is 4.66. The molecule has 2 nitrogen and oxygen atoms in total. The molecule has 0 atom stereocenters. The standard InChI is InChI=1S/C53H35NO/c1-3-18-40(19-4-1)53(41-20-5-2-6-21-41)47-25-11-9-23-44(47)45-32-31-43(35-48(45)53)54(49-26-14-28-51-52(49)46-24-10-12-27-50(46)55-51)42-22-13-17-38(34-42)39-30-29-36-15-7-8-16-37(36)33-39/h1-35H. The summed E-state index contributed by atoms with van der Waals surface area (Å²) in [4.78, 5) is 2.43. The first kappa shape index (κ1) is 31.4. The monoisotopic (exact) mass is 701 g/mol. The summed E-state index contributed by atoms with van der Waals surface area (Å²) in [7, 11) is 0. The Hall–Kier alpha value is -7.16. The third-order valence-electron chi connectivity index (χ3n) is 11.5. The van der Waals surface area contributed by atoms with Crippen LogP contribution in [0.25, 0.3) is 55.0 Å². The van der Waals surface area contributed by atoms with Gasteiger partial charge in [0, 0.05) is 16.8 Å². The summed E-state index contributed by atoms with van der Waals surface area (Å²) < 4.78 is 6.49. The van der Waals surface area contributed by atoms with Gasteiger partial charge < -0.3 is 9.32 Å². The molecule has 11 rings (SSSR count). The molecule has 0 N–H and O–H groups in total. The maximum absolute atomic E-state index is 6.49. The predicted octanol–water partition coefficient (Wildman–Crippen LogP) is 14.2. The summed E-state index contributed by atoms with van der Waals surface area (Å²) in [5.41, 5.74) is 14.4. The molecule has 55 heavy (non-hydrogen) atoms. The van der Waals surface area contributed by atoms with Crippen LogP contribution < -0.4 is 4.90 Å². The smallest absolute Gasteiger partial charge is 0.137 e. The molecule has 0 amide bonds. The van der Waals surface area contributed by atoms with Crippen molar-refractivity contribution in [2.75, 3.05) is 4.90 Å². The van der Waals surface area contributed by atoms with Crippen molar-refractivity contribution in [1.82, 2.24) is 0 Å². The third kappa shape index (κ3) is 4.82. The van der Waals surface area contributed by atoms with Crippen molar-refractivity contribution in [3.05, 3.63) is 235 Å². The first-order chi connectivity index (χ1) is 27.3. The van der Waals surface area contributed by atoms with E-state index in [9.17, 15) is 0 Å². The molecule has 0 spiro atoms. The van der Waals surface area contributed by atoms with Crippen molar-refractivity contribution in [2.24, 2.45) is 0 Å². The number of benzene rings is 9. The highest BCUT2D eigenvalue weighted by molar-refractivity contribution is 6.13. The lowest BCUT2D eigenvalue weighted by Gasteiger charge is -2.35. The highest BCUT2D eigenvalue weighted by atomic mass is 16.3. The Morgan fingerprint density at radius 3 is 1.85 bits per heavy atom. The summed E-state index contributed by atoms with van der Waals surface area (Å²) >= 11 is 0. The summed E-state index contributed by atoms with van der Waals surface area (Å²) in [6.07, 6.45) is 0. The molecule has 0 fully saturated rings. The van der Waals surface area contributed by atoms with E-state index in [-0.39, 0.29) is 0 Å². The fraction of sp³-hybridized carbons (Fsp3) is 0.0189. The molecule has 10 aromatic rings. The van der Waals surface area contributed by atoms with Crippen LogP contribution in [0.1, 0.15) is 22.3 Å². The maximum atomic E-state index is 6.49. The SMILES string of the molecule is c1ccc(C2(c3ccccc3)c3ccccc3-c3ccc(N(c4cccc(-c5ccc6ccccc6c5)c4)c4cccc5oc6ccccc6c45)cc32)cc1. The van der Waals surface area contributed by atoms with E-state index in [0.717, 1.165) is 44.6 Å². The molecule has 0 unspecified atom stereocenters. The minimum Gasteiger partial charge on any atom is -0.456 e. The fourth-order valence-electron chi connectivity index (χ4n) is 9.13. The highest BCUT2D eigenvalue weighted by Crippen LogP contribution is 2.57. The molecule has 1 heterocycles. The van der Waals surface area contributed by atoms with E-state index < -0.39 is 5.41 Å². The molecule has 0 radical (unpaired) electrons. The second kappa shape index (κ2) is 12.5. The van der Waals surface area contributed by atoms with E-state index in [1.54, 1.807) is 0 Å². The number of hydrogen-bond donors (Lipinski definition) is 0. The van der Waals surface area contributed by atoms with Gasteiger partial charge in [-0.25, -0.2) is 0 Å². The Bertz CT molecular complexity index is 3010. The number of para-hydroxylation sites is 1. The average Bonchev–Trinajstić information content (AvgIpc) is 3.79. The molecule has 258 valence electrons. The van der Waals surface area contributed by atoms with Gasteiger partial charge in [-0.15, -0.1) is 0 Å². The van der Waals surface area contributed by atoms with Crippen molar-refractivity contribution < 1.29 is 4.42 Å². The Kier molecular flexibility index (Phi) is 7.11. The number of fused-ring (bicyclic) bond motifs is 7. The van der Waals surface area contributed by atoms with E-state index >= 15 is 0 Å². The molecule has 0 bridgehead atoms. The van der Waals surface area contributed by atoms with Crippen LogP contribution in [0.4, 0.5) is 17.1 Å². The normalized spacial score (nSPS) is 12.9. The number of furan rings is 1. The minimum atomic E-state index is -0.516. The summed E-state index contributed by atoms with van der Waals surface area (Å²) in [6, 6.07) is 77.1. The van der Waals surface area contributed by atoms with Crippen LogP contribution in [0, 0.1) is 0 Å². The Morgan fingerprint density at radius 1 is 0.382 bits per heavy atom. The van der Waals surface area contributed by atoms with E-state index in [4.69, 9.17) is 4.42 Å². The third-order valence-corrected chi connectivity index (χ3v) is 11.5. The zero-order chi connectivity index (χ0) is 36.3. The van der Waals surface area contributed by atoms with Gasteiger partial charge in [-0.1, -0.05) is 164 Å². The maximum Gasteiger partial charge on any atom is 0.137 e. The van der Waals surface area contributed by atoms with Crippen LogP contribution in [0.5, 0.6) is 0 Å². The van der Waals surface area contributed by atoms with Crippen LogP contribution in [0.2, 0.25) is 0 Å². The number of nitrogens with zero attached hydrogens (tertiary/aromatic N) is 1. The van der Waals surface area contributed by atoms with E-state index in [1.807, 2.05) is 6.07 Å². The van der Waals surface area contributed by atoms with Gasteiger partial charge in [-0.2, -0.15) is 0 Å². The lowest BCUT2D eigenvalue weighted by Crippen LogP contribution is -2.28. The predicted molar refractivity (Wildman–Crippen MR) is 229 cm³/mol. The Morgan fingerprint density at radius 2 is 1.02 bits per heavy atom. The van der Waals surface area contributed by atoms with E-state index in [1.165, 1.54) is 49.7 Å². The first-order valence-electron chi connectivity index (χ1n) is 18.9. The number of rotatable bonds is 6. The van der Waals surface area contributed by atoms with Crippen molar-refractivity contribution >= 4 is 49.8 Å². The van der Waals surface area contributed by atoms with Crippen molar-refractivity contribution in [1.29, 1.82) is 0 Å².